The van der Waals surface area contributed by atoms with E-state index in [-0.39, 0.29) is 0 Å². The molecule has 0 aliphatic rings. The molecule has 1 atom stereocenters. The molecule has 0 radical (unpaired) electrons. The van der Waals surface area contributed by atoms with Gasteiger partial charge in [0.15, 0.2) is 5.82 Å². The van der Waals surface area contributed by atoms with Crippen LogP contribution in [0.4, 0.5) is 0 Å². The minimum Gasteiger partial charge on any atom is -0.485 e. The molecular weight excluding hydrogens is 310 g/mol. The van der Waals surface area contributed by atoms with Crippen LogP contribution in [0.1, 0.15) is 31.3 Å². The SMILES string of the molecule is CCn1ncnc1COc1cc(Br)ccc1[C@H](C)O. The second-order valence-electron chi connectivity index (χ2n) is 4.14. The molecule has 0 bridgehead atoms. The lowest BCUT2D eigenvalue weighted by Crippen LogP contribution is -2.08. The van der Waals surface area contributed by atoms with Gasteiger partial charge in [0.2, 0.25) is 0 Å². The number of benzene rings is 1. The predicted molar refractivity (Wildman–Crippen MR) is 74.8 cm³/mol. The van der Waals surface area contributed by atoms with Crippen molar-refractivity contribution >= 4 is 15.9 Å². The number of hydrogen-bond acceptors (Lipinski definition) is 4. The Morgan fingerprint density at radius 2 is 2.26 bits per heavy atom. The Morgan fingerprint density at radius 1 is 1.47 bits per heavy atom. The summed E-state index contributed by atoms with van der Waals surface area (Å²) in [6, 6.07) is 5.56. The Balaban J connectivity index is 2.17. The van der Waals surface area contributed by atoms with Crippen LogP contribution in [0, 0.1) is 0 Å². The van der Waals surface area contributed by atoms with Crippen molar-refractivity contribution in [2.24, 2.45) is 0 Å². The number of aliphatic hydroxyl groups excluding tert-OH is 1. The summed E-state index contributed by atoms with van der Waals surface area (Å²) >= 11 is 3.40. The van der Waals surface area contributed by atoms with Gasteiger partial charge >= 0.3 is 0 Å². The molecule has 0 amide bonds. The normalized spacial score (nSPS) is 12.4. The first kappa shape index (κ1) is 14.0. The number of aryl methyl sites for hydroxylation is 1. The van der Waals surface area contributed by atoms with E-state index in [2.05, 4.69) is 26.0 Å². The van der Waals surface area contributed by atoms with Crippen LogP contribution in [0.2, 0.25) is 0 Å². The van der Waals surface area contributed by atoms with Crippen LogP contribution in [0.3, 0.4) is 0 Å². The van der Waals surface area contributed by atoms with Crippen LogP contribution in [-0.4, -0.2) is 19.9 Å². The van der Waals surface area contributed by atoms with E-state index >= 15 is 0 Å². The summed E-state index contributed by atoms with van der Waals surface area (Å²) in [5.41, 5.74) is 0.755. The molecule has 0 aliphatic heterocycles. The number of aromatic nitrogens is 3. The lowest BCUT2D eigenvalue weighted by molar-refractivity contribution is 0.189. The summed E-state index contributed by atoms with van der Waals surface area (Å²) in [5, 5.41) is 13.8. The molecule has 0 spiro atoms. The van der Waals surface area contributed by atoms with Crippen LogP contribution in [-0.2, 0) is 13.2 Å². The average Bonchev–Trinajstić information content (AvgIpc) is 2.83. The molecule has 1 heterocycles. The summed E-state index contributed by atoms with van der Waals surface area (Å²) in [5.74, 6) is 1.41. The van der Waals surface area contributed by atoms with Gasteiger partial charge in [0, 0.05) is 16.6 Å². The molecule has 2 rings (SSSR count). The number of halogens is 1. The fourth-order valence-electron chi connectivity index (χ4n) is 1.78. The van der Waals surface area contributed by atoms with E-state index in [1.54, 1.807) is 11.6 Å². The van der Waals surface area contributed by atoms with Crippen molar-refractivity contribution in [3.8, 4) is 5.75 Å². The molecule has 0 saturated carbocycles. The third-order valence-corrected chi connectivity index (χ3v) is 3.27. The Hall–Kier alpha value is -1.40. The van der Waals surface area contributed by atoms with Crippen LogP contribution >= 0.6 is 15.9 Å². The van der Waals surface area contributed by atoms with Gasteiger partial charge in [-0.05, 0) is 26.0 Å². The number of aliphatic hydroxyl groups is 1. The molecule has 102 valence electrons. The van der Waals surface area contributed by atoms with Crippen molar-refractivity contribution in [1.82, 2.24) is 14.8 Å². The Labute approximate surface area is 120 Å². The number of hydrogen-bond donors (Lipinski definition) is 1. The first-order chi connectivity index (χ1) is 9.11. The lowest BCUT2D eigenvalue weighted by Gasteiger charge is -2.13. The third-order valence-electron chi connectivity index (χ3n) is 2.78. The van der Waals surface area contributed by atoms with Gasteiger partial charge in [-0.15, -0.1) is 0 Å². The molecule has 2 aromatic rings. The molecule has 0 unspecified atom stereocenters. The Bertz CT molecular complexity index is 555. The van der Waals surface area contributed by atoms with Gasteiger partial charge in [0.25, 0.3) is 0 Å². The van der Waals surface area contributed by atoms with Gasteiger partial charge in [-0.1, -0.05) is 22.0 Å². The standard InChI is InChI=1S/C13H16BrN3O2/c1-3-17-13(15-8-16-17)7-19-12-6-10(14)4-5-11(12)9(2)18/h4-6,8-9,18H,3,7H2,1-2H3/t9-/m0/s1. The maximum absolute atomic E-state index is 9.72. The summed E-state index contributed by atoms with van der Waals surface area (Å²) in [4.78, 5) is 4.15. The zero-order chi connectivity index (χ0) is 13.8. The molecule has 0 saturated heterocycles. The van der Waals surface area contributed by atoms with Crippen molar-refractivity contribution in [3.63, 3.8) is 0 Å². The van der Waals surface area contributed by atoms with Crippen molar-refractivity contribution in [3.05, 3.63) is 40.4 Å². The maximum atomic E-state index is 9.72. The molecule has 1 aromatic heterocycles. The van der Waals surface area contributed by atoms with E-state index in [0.717, 1.165) is 22.4 Å². The van der Waals surface area contributed by atoms with E-state index in [1.807, 2.05) is 25.1 Å². The van der Waals surface area contributed by atoms with Gasteiger partial charge in [0.1, 0.15) is 18.7 Å². The Morgan fingerprint density at radius 3 is 2.95 bits per heavy atom. The van der Waals surface area contributed by atoms with Crippen molar-refractivity contribution in [1.29, 1.82) is 0 Å². The highest BCUT2D eigenvalue weighted by Crippen LogP contribution is 2.29. The predicted octanol–water partition coefficient (Wildman–Crippen LogP) is 2.69. The summed E-state index contributed by atoms with van der Waals surface area (Å²) in [7, 11) is 0. The van der Waals surface area contributed by atoms with E-state index < -0.39 is 6.10 Å². The summed E-state index contributed by atoms with van der Waals surface area (Å²) < 4.78 is 8.44. The van der Waals surface area contributed by atoms with Gasteiger partial charge in [-0.25, -0.2) is 9.67 Å². The molecule has 1 aromatic carbocycles. The van der Waals surface area contributed by atoms with Crippen molar-refractivity contribution in [2.45, 2.75) is 33.1 Å². The molecule has 5 nitrogen and oxygen atoms in total. The van der Waals surface area contributed by atoms with E-state index in [0.29, 0.717) is 12.4 Å². The Kier molecular flexibility index (Phi) is 4.55. The highest BCUT2D eigenvalue weighted by molar-refractivity contribution is 9.10. The van der Waals surface area contributed by atoms with Gasteiger partial charge in [0.05, 0.1) is 6.10 Å². The van der Waals surface area contributed by atoms with Gasteiger partial charge in [-0.2, -0.15) is 5.10 Å². The number of rotatable bonds is 5. The molecule has 6 heteroatoms. The fourth-order valence-corrected chi connectivity index (χ4v) is 2.12. The van der Waals surface area contributed by atoms with E-state index in [1.165, 1.54) is 6.33 Å². The zero-order valence-electron chi connectivity index (χ0n) is 10.9. The first-order valence-corrected chi connectivity index (χ1v) is 6.88. The highest BCUT2D eigenvalue weighted by atomic mass is 79.9. The van der Waals surface area contributed by atoms with Crippen molar-refractivity contribution < 1.29 is 9.84 Å². The average molecular weight is 326 g/mol. The smallest absolute Gasteiger partial charge is 0.164 e. The second kappa shape index (κ2) is 6.16. The number of nitrogens with zero attached hydrogens (tertiary/aromatic N) is 3. The lowest BCUT2D eigenvalue weighted by atomic mass is 10.1. The van der Waals surface area contributed by atoms with Crippen LogP contribution < -0.4 is 4.74 Å². The van der Waals surface area contributed by atoms with Gasteiger partial charge < -0.3 is 9.84 Å². The monoisotopic (exact) mass is 325 g/mol. The first-order valence-electron chi connectivity index (χ1n) is 6.08. The minimum absolute atomic E-state index is 0.323. The zero-order valence-corrected chi connectivity index (χ0v) is 12.5. The maximum Gasteiger partial charge on any atom is 0.164 e. The molecule has 19 heavy (non-hydrogen) atoms. The minimum atomic E-state index is -0.577. The quantitative estimate of drug-likeness (QED) is 0.918. The highest BCUT2D eigenvalue weighted by Gasteiger charge is 2.11. The second-order valence-corrected chi connectivity index (χ2v) is 5.05. The molecule has 0 fully saturated rings. The largest absolute Gasteiger partial charge is 0.485 e. The van der Waals surface area contributed by atoms with Crippen molar-refractivity contribution in [2.75, 3.05) is 0 Å². The van der Waals surface area contributed by atoms with Crippen LogP contribution in [0.5, 0.6) is 5.75 Å². The fraction of sp³-hybridized carbons (Fsp3) is 0.385. The summed E-state index contributed by atoms with van der Waals surface area (Å²) in [6.07, 6.45) is 0.936. The van der Waals surface area contributed by atoms with E-state index in [9.17, 15) is 5.11 Å². The molecular formula is C13H16BrN3O2. The van der Waals surface area contributed by atoms with Crippen LogP contribution in [0.25, 0.3) is 0 Å². The van der Waals surface area contributed by atoms with Gasteiger partial charge in [-0.3, -0.25) is 0 Å². The number of ether oxygens (including phenoxy) is 1. The molecule has 1 N–H and O–H groups in total. The molecule has 0 aliphatic carbocycles. The summed E-state index contributed by atoms with van der Waals surface area (Å²) in [6.45, 7) is 4.79. The van der Waals surface area contributed by atoms with E-state index in [4.69, 9.17) is 4.74 Å². The van der Waals surface area contributed by atoms with Crippen LogP contribution in [0.15, 0.2) is 29.0 Å². The topological polar surface area (TPSA) is 60.2 Å². The third kappa shape index (κ3) is 3.33.